The molecule has 140 valence electrons. The van der Waals surface area contributed by atoms with Crippen LogP contribution >= 0.6 is 0 Å². The number of hydrogen-bond acceptors (Lipinski definition) is 4. The van der Waals surface area contributed by atoms with Crippen LogP contribution in [0.5, 0.6) is 0 Å². The molecule has 6 nitrogen and oxygen atoms in total. The van der Waals surface area contributed by atoms with Crippen LogP contribution in [0.2, 0.25) is 0 Å². The molecule has 1 aromatic carbocycles. The predicted molar refractivity (Wildman–Crippen MR) is 98.0 cm³/mol. The Balaban J connectivity index is 1.80. The van der Waals surface area contributed by atoms with Crippen LogP contribution in [0.25, 0.3) is 0 Å². The molecule has 0 atom stereocenters. The molecule has 1 fully saturated rings. The zero-order valence-electron chi connectivity index (χ0n) is 15.0. The van der Waals surface area contributed by atoms with E-state index in [4.69, 9.17) is 0 Å². The van der Waals surface area contributed by atoms with Crippen LogP contribution in [0.15, 0.2) is 24.3 Å². The summed E-state index contributed by atoms with van der Waals surface area (Å²) in [6.45, 7) is 4.82. The smallest absolute Gasteiger partial charge is 0.251 e. The largest absolute Gasteiger partial charge is 0.390 e. The van der Waals surface area contributed by atoms with E-state index < -0.39 is 15.6 Å². The fraction of sp³-hybridized carbons (Fsp3) is 0.611. The number of nitrogens with one attached hydrogen (secondary N) is 1. The van der Waals surface area contributed by atoms with Crippen LogP contribution in [0, 0.1) is 0 Å². The van der Waals surface area contributed by atoms with Crippen molar-refractivity contribution in [1.82, 2.24) is 9.62 Å². The van der Waals surface area contributed by atoms with Crippen molar-refractivity contribution in [2.45, 2.75) is 45.1 Å². The number of nitrogens with zero attached hydrogens (tertiary/aromatic N) is 1. The molecule has 0 aliphatic carbocycles. The van der Waals surface area contributed by atoms with Crippen molar-refractivity contribution in [3.05, 3.63) is 35.4 Å². The molecule has 1 amide bonds. The van der Waals surface area contributed by atoms with Gasteiger partial charge in [0.25, 0.3) is 5.91 Å². The lowest BCUT2D eigenvalue weighted by atomic mass is 9.98. The lowest BCUT2D eigenvalue weighted by Crippen LogP contribution is -2.36. The van der Waals surface area contributed by atoms with Crippen LogP contribution in [0.4, 0.5) is 0 Å². The lowest BCUT2D eigenvalue weighted by Gasteiger charge is -2.16. The quantitative estimate of drug-likeness (QED) is 0.729. The molecule has 1 aliphatic rings. The Bertz CT molecular complexity index is 672. The molecule has 0 saturated carbocycles. The Labute approximate surface area is 150 Å². The second kappa shape index (κ2) is 8.29. The van der Waals surface area contributed by atoms with Gasteiger partial charge in [0.05, 0.1) is 11.4 Å². The summed E-state index contributed by atoms with van der Waals surface area (Å²) < 4.78 is 25.7. The van der Waals surface area contributed by atoms with Gasteiger partial charge in [-0.15, -0.1) is 0 Å². The molecule has 1 aromatic rings. The average molecular weight is 368 g/mol. The summed E-state index contributed by atoms with van der Waals surface area (Å²) in [5.74, 6) is -0.340. The maximum atomic E-state index is 12.1. The third-order valence-corrected chi connectivity index (χ3v) is 6.22. The topological polar surface area (TPSA) is 86.7 Å². The van der Waals surface area contributed by atoms with Crippen LogP contribution in [-0.4, -0.2) is 54.7 Å². The van der Waals surface area contributed by atoms with Gasteiger partial charge in [-0.05, 0) is 57.2 Å². The summed E-state index contributed by atoms with van der Waals surface area (Å²) in [7, 11) is -3.27. The molecule has 0 bridgehead atoms. The first-order valence-electron chi connectivity index (χ1n) is 8.75. The number of amides is 1. The van der Waals surface area contributed by atoms with Crippen molar-refractivity contribution in [2.75, 3.05) is 25.4 Å². The number of carbonyl (C=O) groups is 1. The minimum Gasteiger partial charge on any atom is -0.390 e. The molecule has 2 rings (SSSR count). The second-order valence-corrected chi connectivity index (χ2v) is 9.28. The lowest BCUT2D eigenvalue weighted by molar-refractivity contribution is 0.0713. The number of rotatable bonds is 8. The van der Waals surface area contributed by atoms with E-state index in [1.807, 2.05) is 12.1 Å². The number of hydrogen-bond donors (Lipinski definition) is 2. The minimum absolute atomic E-state index is 0.0671. The van der Waals surface area contributed by atoms with Gasteiger partial charge in [0.15, 0.2) is 0 Å². The molecule has 1 saturated heterocycles. The van der Waals surface area contributed by atoms with E-state index in [-0.39, 0.29) is 18.2 Å². The van der Waals surface area contributed by atoms with Gasteiger partial charge >= 0.3 is 0 Å². The van der Waals surface area contributed by atoms with E-state index in [0.29, 0.717) is 25.1 Å². The second-order valence-electron chi connectivity index (χ2n) is 7.19. The van der Waals surface area contributed by atoms with Crippen molar-refractivity contribution in [3.8, 4) is 0 Å². The summed E-state index contributed by atoms with van der Waals surface area (Å²) in [5.41, 5.74) is 0.845. The van der Waals surface area contributed by atoms with Gasteiger partial charge in [-0.1, -0.05) is 12.1 Å². The summed E-state index contributed by atoms with van der Waals surface area (Å²) in [6, 6.07) is 7.18. The Morgan fingerprint density at radius 1 is 1.20 bits per heavy atom. The Kier molecular flexibility index (Phi) is 6.59. The molecule has 1 heterocycles. The normalized spacial score (nSPS) is 16.1. The highest BCUT2D eigenvalue weighted by molar-refractivity contribution is 7.89. The minimum atomic E-state index is -3.27. The zero-order chi connectivity index (χ0) is 18.5. The Hall–Kier alpha value is -1.44. The fourth-order valence-electron chi connectivity index (χ4n) is 2.76. The third-order valence-electron chi connectivity index (χ3n) is 4.35. The molecule has 0 aromatic heterocycles. The molecular formula is C18H28N2O4S. The van der Waals surface area contributed by atoms with Gasteiger partial charge < -0.3 is 10.4 Å². The molecule has 0 spiro atoms. The standard InChI is InChI=1S/C18H28N2O4S/c1-18(2,22)10-9-15-5-7-16(8-6-15)17(21)19-11-14-25(23,24)20-12-3-4-13-20/h5-8,22H,3-4,9-14H2,1-2H3,(H,19,21). The highest BCUT2D eigenvalue weighted by Crippen LogP contribution is 2.14. The first-order valence-corrected chi connectivity index (χ1v) is 10.4. The van der Waals surface area contributed by atoms with E-state index in [0.717, 1.165) is 24.8 Å². The SMILES string of the molecule is CC(C)(O)CCc1ccc(C(=O)NCCS(=O)(=O)N2CCCC2)cc1. The maximum Gasteiger partial charge on any atom is 0.251 e. The van der Waals surface area contributed by atoms with Crippen LogP contribution < -0.4 is 5.32 Å². The highest BCUT2D eigenvalue weighted by atomic mass is 32.2. The van der Waals surface area contributed by atoms with E-state index in [2.05, 4.69) is 5.32 Å². The highest BCUT2D eigenvalue weighted by Gasteiger charge is 2.24. The monoisotopic (exact) mass is 368 g/mol. The van der Waals surface area contributed by atoms with Crippen LogP contribution in [-0.2, 0) is 16.4 Å². The summed E-state index contributed by atoms with van der Waals surface area (Å²) in [4.78, 5) is 12.1. The predicted octanol–water partition coefficient (Wildman–Crippen LogP) is 1.55. The Morgan fingerprint density at radius 2 is 1.80 bits per heavy atom. The first-order chi connectivity index (χ1) is 11.7. The van der Waals surface area contributed by atoms with Crippen molar-refractivity contribution >= 4 is 15.9 Å². The van der Waals surface area contributed by atoms with E-state index >= 15 is 0 Å². The van der Waals surface area contributed by atoms with Crippen molar-refractivity contribution < 1.29 is 18.3 Å². The third kappa shape index (κ3) is 6.41. The van der Waals surface area contributed by atoms with E-state index in [9.17, 15) is 18.3 Å². The number of aliphatic hydroxyl groups is 1. The van der Waals surface area contributed by atoms with E-state index in [1.54, 1.807) is 26.0 Å². The van der Waals surface area contributed by atoms with Gasteiger partial charge in [0.2, 0.25) is 10.0 Å². The molecular weight excluding hydrogens is 340 g/mol. The van der Waals surface area contributed by atoms with Gasteiger partial charge in [-0.3, -0.25) is 4.79 Å². The average Bonchev–Trinajstić information content (AvgIpc) is 3.08. The van der Waals surface area contributed by atoms with Gasteiger partial charge in [-0.25, -0.2) is 12.7 Å². The molecule has 7 heteroatoms. The van der Waals surface area contributed by atoms with Crippen molar-refractivity contribution in [1.29, 1.82) is 0 Å². The first kappa shape index (κ1) is 19.9. The maximum absolute atomic E-state index is 12.1. The number of benzene rings is 1. The number of carbonyl (C=O) groups excluding carboxylic acids is 1. The molecule has 25 heavy (non-hydrogen) atoms. The summed E-state index contributed by atoms with van der Waals surface area (Å²) in [5, 5.41) is 12.4. The van der Waals surface area contributed by atoms with Gasteiger partial charge in [0, 0.05) is 25.2 Å². The fourth-order valence-corrected chi connectivity index (χ4v) is 4.20. The summed E-state index contributed by atoms with van der Waals surface area (Å²) in [6.07, 6.45) is 3.20. The molecule has 0 radical (unpaired) electrons. The van der Waals surface area contributed by atoms with E-state index in [1.165, 1.54) is 4.31 Å². The number of sulfonamides is 1. The Morgan fingerprint density at radius 3 is 2.36 bits per heavy atom. The zero-order valence-corrected chi connectivity index (χ0v) is 15.8. The molecule has 1 aliphatic heterocycles. The molecule has 2 N–H and O–H groups in total. The van der Waals surface area contributed by atoms with Gasteiger partial charge in [0.1, 0.15) is 0 Å². The molecule has 0 unspecified atom stereocenters. The number of aryl methyl sites for hydroxylation is 1. The van der Waals surface area contributed by atoms with Crippen LogP contribution in [0.3, 0.4) is 0 Å². The van der Waals surface area contributed by atoms with Crippen LogP contribution in [0.1, 0.15) is 49.0 Å². The summed E-state index contributed by atoms with van der Waals surface area (Å²) >= 11 is 0. The van der Waals surface area contributed by atoms with Crippen molar-refractivity contribution in [3.63, 3.8) is 0 Å². The van der Waals surface area contributed by atoms with Gasteiger partial charge in [-0.2, -0.15) is 0 Å². The van der Waals surface area contributed by atoms with Crippen molar-refractivity contribution in [2.24, 2.45) is 0 Å².